The van der Waals surface area contributed by atoms with Crippen molar-refractivity contribution in [3.63, 3.8) is 0 Å². The second-order valence-electron chi connectivity index (χ2n) is 5.00. The van der Waals surface area contributed by atoms with E-state index in [9.17, 15) is 18.3 Å². The van der Waals surface area contributed by atoms with E-state index in [2.05, 4.69) is 0 Å². The smallest absolute Gasteiger partial charge is 0.391 e. The predicted molar refractivity (Wildman–Crippen MR) is 65.5 cm³/mol. The van der Waals surface area contributed by atoms with E-state index in [1.807, 2.05) is 17.5 Å². The lowest BCUT2D eigenvalue weighted by Gasteiger charge is -2.32. The molecule has 1 aromatic heterocycles. The average Bonchev–Trinajstić information content (AvgIpc) is 2.81. The van der Waals surface area contributed by atoms with E-state index < -0.39 is 18.2 Å². The number of aliphatic hydroxyl groups is 1. The summed E-state index contributed by atoms with van der Waals surface area (Å²) in [6.07, 6.45) is -2.71. The molecule has 102 valence electrons. The van der Waals surface area contributed by atoms with Crippen LogP contribution in [0.2, 0.25) is 0 Å². The Hall–Kier alpha value is -0.550. The fourth-order valence-corrected chi connectivity index (χ4v) is 3.39. The van der Waals surface area contributed by atoms with Crippen molar-refractivity contribution in [1.29, 1.82) is 0 Å². The van der Waals surface area contributed by atoms with Crippen LogP contribution >= 0.6 is 11.3 Å². The van der Waals surface area contributed by atoms with E-state index in [0.717, 1.165) is 4.88 Å². The minimum atomic E-state index is -4.07. The van der Waals surface area contributed by atoms with E-state index in [4.69, 9.17) is 0 Å². The molecule has 0 bridgehead atoms. The van der Waals surface area contributed by atoms with Gasteiger partial charge in [-0.3, -0.25) is 0 Å². The van der Waals surface area contributed by atoms with Crippen molar-refractivity contribution in [3.05, 3.63) is 22.4 Å². The van der Waals surface area contributed by atoms with Gasteiger partial charge in [-0.25, -0.2) is 0 Å². The van der Waals surface area contributed by atoms with Gasteiger partial charge in [-0.2, -0.15) is 13.2 Å². The number of halogens is 3. The molecule has 1 aromatic rings. The van der Waals surface area contributed by atoms with Crippen molar-refractivity contribution < 1.29 is 18.3 Å². The van der Waals surface area contributed by atoms with Crippen LogP contribution in [0.1, 0.15) is 30.6 Å². The molecule has 1 aliphatic rings. The topological polar surface area (TPSA) is 20.2 Å². The number of thiophene rings is 1. The summed E-state index contributed by atoms with van der Waals surface area (Å²) in [6.45, 7) is 0. The quantitative estimate of drug-likeness (QED) is 0.885. The first-order chi connectivity index (χ1) is 8.47. The van der Waals surface area contributed by atoms with Crippen molar-refractivity contribution in [2.75, 3.05) is 0 Å². The lowest BCUT2D eigenvalue weighted by Crippen LogP contribution is -2.32. The summed E-state index contributed by atoms with van der Waals surface area (Å²) in [7, 11) is 0. The Morgan fingerprint density at radius 3 is 2.44 bits per heavy atom. The van der Waals surface area contributed by atoms with Crippen LogP contribution in [0.25, 0.3) is 0 Å². The van der Waals surface area contributed by atoms with Gasteiger partial charge in [0.15, 0.2) is 0 Å². The highest BCUT2D eigenvalue weighted by Gasteiger charge is 2.42. The average molecular weight is 278 g/mol. The van der Waals surface area contributed by atoms with Gasteiger partial charge in [0.05, 0.1) is 12.0 Å². The molecular formula is C13H17F3OS. The summed E-state index contributed by atoms with van der Waals surface area (Å²) in [5, 5.41) is 12.0. The molecule has 5 heteroatoms. The van der Waals surface area contributed by atoms with Gasteiger partial charge in [0.25, 0.3) is 0 Å². The molecule has 2 rings (SSSR count). The lowest BCUT2D eigenvalue weighted by atomic mass is 9.78. The Bertz CT molecular complexity index is 353. The Morgan fingerprint density at radius 2 is 1.94 bits per heavy atom. The summed E-state index contributed by atoms with van der Waals surface area (Å²) in [6, 6.07) is 3.88. The van der Waals surface area contributed by atoms with Gasteiger partial charge in [0, 0.05) is 11.3 Å². The molecular weight excluding hydrogens is 261 g/mol. The molecule has 0 radical (unpaired) electrons. The minimum absolute atomic E-state index is 0.0192. The maximum Gasteiger partial charge on any atom is 0.391 e. The Morgan fingerprint density at radius 1 is 1.28 bits per heavy atom. The highest BCUT2D eigenvalue weighted by Crippen LogP contribution is 2.40. The molecule has 0 aliphatic heterocycles. The van der Waals surface area contributed by atoms with Gasteiger partial charge >= 0.3 is 6.18 Å². The highest BCUT2D eigenvalue weighted by atomic mass is 32.1. The summed E-state index contributed by atoms with van der Waals surface area (Å²) in [5.74, 6) is -1.15. The molecule has 0 saturated heterocycles. The largest absolute Gasteiger partial charge is 0.392 e. The SMILES string of the molecule is OC(Cc1cccs1)C1CCC(C(F)(F)F)CC1. The van der Waals surface area contributed by atoms with Gasteiger partial charge in [-0.1, -0.05) is 6.07 Å². The molecule has 1 fully saturated rings. The second-order valence-corrected chi connectivity index (χ2v) is 6.04. The molecule has 1 heterocycles. The summed E-state index contributed by atoms with van der Waals surface area (Å²) < 4.78 is 37.5. The minimum Gasteiger partial charge on any atom is -0.392 e. The lowest BCUT2D eigenvalue weighted by molar-refractivity contribution is -0.185. The monoisotopic (exact) mass is 278 g/mol. The van der Waals surface area contributed by atoms with E-state index in [-0.39, 0.29) is 18.8 Å². The first-order valence-electron chi connectivity index (χ1n) is 6.24. The van der Waals surface area contributed by atoms with E-state index >= 15 is 0 Å². The predicted octanol–water partition coefficient (Wildman–Crippen LogP) is 4.02. The molecule has 18 heavy (non-hydrogen) atoms. The number of rotatable bonds is 3. The summed E-state index contributed by atoms with van der Waals surface area (Å²) in [4.78, 5) is 1.10. The zero-order valence-corrected chi connectivity index (χ0v) is 10.8. The van der Waals surface area contributed by atoms with Crippen LogP contribution < -0.4 is 0 Å². The maximum atomic E-state index is 12.5. The number of hydrogen-bond donors (Lipinski definition) is 1. The van der Waals surface area contributed by atoms with Crippen LogP contribution in [-0.4, -0.2) is 17.4 Å². The fourth-order valence-electron chi connectivity index (χ4n) is 2.63. The molecule has 1 nitrogen and oxygen atoms in total. The Kier molecular flexibility index (Phi) is 4.33. The third-order valence-electron chi connectivity index (χ3n) is 3.77. The zero-order chi connectivity index (χ0) is 13.2. The summed E-state index contributed by atoms with van der Waals surface area (Å²) in [5.41, 5.74) is 0. The zero-order valence-electron chi connectivity index (χ0n) is 9.99. The summed E-state index contributed by atoms with van der Waals surface area (Å²) >= 11 is 1.58. The van der Waals surface area contributed by atoms with Crippen molar-refractivity contribution in [2.45, 2.75) is 44.4 Å². The molecule has 1 unspecified atom stereocenters. The van der Waals surface area contributed by atoms with Crippen LogP contribution in [0.3, 0.4) is 0 Å². The van der Waals surface area contributed by atoms with E-state index in [1.165, 1.54) is 0 Å². The Balaban J connectivity index is 1.82. The number of aliphatic hydroxyl groups excluding tert-OH is 1. The Labute approximate surface area is 109 Å². The molecule has 1 N–H and O–H groups in total. The third kappa shape index (κ3) is 3.48. The molecule has 0 amide bonds. The van der Waals surface area contributed by atoms with Gasteiger partial charge in [-0.15, -0.1) is 11.3 Å². The van der Waals surface area contributed by atoms with Crippen molar-refractivity contribution in [2.24, 2.45) is 11.8 Å². The first-order valence-corrected chi connectivity index (χ1v) is 7.12. The molecule has 1 atom stereocenters. The first kappa shape index (κ1) is 13.9. The van der Waals surface area contributed by atoms with Gasteiger partial charge in [-0.05, 0) is 43.0 Å². The highest BCUT2D eigenvalue weighted by molar-refractivity contribution is 7.09. The second kappa shape index (κ2) is 5.61. The third-order valence-corrected chi connectivity index (χ3v) is 4.67. The van der Waals surface area contributed by atoms with Crippen LogP contribution in [0, 0.1) is 11.8 Å². The standard InChI is InChI=1S/C13H17F3OS/c14-13(15,16)10-5-3-9(4-6-10)12(17)8-11-2-1-7-18-11/h1-2,7,9-10,12,17H,3-6,8H2. The van der Waals surface area contributed by atoms with Crippen LogP contribution in [-0.2, 0) is 6.42 Å². The maximum absolute atomic E-state index is 12.5. The normalized spacial score (nSPS) is 27.1. The van der Waals surface area contributed by atoms with Crippen molar-refractivity contribution in [1.82, 2.24) is 0 Å². The fraction of sp³-hybridized carbons (Fsp3) is 0.692. The molecule has 0 spiro atoms. The van der Waals surface area contributed by atoms with Crippen molar-refractivity contribution in [3.8, 4) is 0 Å². The molecule has 0 aromatic carbocycles. The van der Waals surface area contributed by atoms with E-state index in [0.29, 0.717) is 19.3 Å². The van der Waals surface area contributed by atoms with Crippen LogP contribution in [0.5, 0.6) is 0 Å². The van der Waals surface area contributed by atoms with Gasteiger partial charge in [0.2, 0.25) is 0 Å². The van der Waals surface area contributed by atoms with Crippen LogP contribution in [0.15, 0.2) is 17.5 Å². The number of alkyl halides is 3. The van der Waals surface area contributed by atoms with Gasteiger partial charge in [0.1, 0.15) is 0 Å². The van der Waals surface area contributed by atoms with Crippen LogP contribution in [0.4, 0.5) is 13.2 Å². The van der Waals surface area contributed by atoms with Gasteiger partial charge < -0.3 is 5.11 Å². The molecule has 1 aliphatic carbocycles. The number of hydrogen-bond acceptors (Lipinski definition) is 2. The molecule has 1 saturated carbocycles. The van der Waals surface area contributed by atoms with Crippen molar-refractivity contribution >= 4 is 11.3 Å². The van der Waals surface area contributed by atoms with E-state index in [1.54, 1.807) is 11.3 Å².